The molecule has 0 bridgehead atoms. The Balaban J connectivity index is 1.57. The van der Waals surface area contributed by atoms with Gasteiger partial charge in [-0.25, -0.2) is 4.68 Å². The first kappa shape index (κ1) is 18.2. The highest BCUT2D eigenvalue weighted by Gasteiger charge is 2.30. The van der Waals surface area contributed by atoms with E-state index in [1.54, 1.807) is 47.4 Å². The lowest BCUT2D eigenvalue weighted by molar-refractivity contribution is 0.0301. The number of H-pyrrole nitrogens is 1. The van der Waals surface area contributed by atoms with E-state index in [-0.39, 0.29) is 23.1 Å². The minimum Gasteiger partial charge on any atom is -0.446 e. The van der Waals surface area contributed by atoms with Crippen molar-refractivity contribution in [3.63, 3.8) is 0 Å². The lowest BCUT2D eigenvalue weighted by Crippen LogP contribution is -2.41. The van der Waals surface area contributed by atoms with Gasteiger partial charge in [-0.2, -0.15) is 0 Å². The van der Waals surface area contributed by atoms with Crippen LogP contribution in [0.2, 0.25) is 0 Å². The van der Waals surface area contributed by atoms with Crippen LogP contribution in [-0.2, 0) is 4.74 Å². The number of hydrogen-bond acceptors (Lipinski definition) is 6. The van der Waals surface area contributed by atoms with Gasteiger partial charge in [-0.05, 0) is 24.3 Å². The molecule has 1 saturated heterocycles. The average Bonchev–Trinajstić information content (AvgIpc) is 2.80. The number of carbonyl (C=O) groups is 1. The quantitative estimate of drug-likeness (QED) is 0.526. The van der Waals surface area contributed by atoms with Gasteiger partial charge < -0.3 is 19.7 Å². The van der Waals surface area contributed by atoms with Crippen LogP contribution in [0, 0.1) is 0 Å². The third-order valence-electron chi connectivity index (χ3n) is 5.09. The van der Waals surface area contributed by atoms with E-state index in [0.29, 0.717) is 43.2 Å². The Bertz CT molecular complexity index is 1240. The third kappa shape index (κ3) is 2.96. The summed E-state index contributed by atoms with van der Waals surface area (Å²) in [7, 11) is 0. The smallest absolute Gasteiger partial charge is 0.308 e. The number of nitrogens with one attached hydrogen (secondary N) is 2. The van der Waals surface area contributed by atoms with Gasteiger partial charge in [0.25, 0.3) is 11.5 Å². The van der Waals surface area contributed by atoms with Crippen molar-refractivity contribution in [3.8, 4) is 17.2 Å². The molecule has 0 atom stereocenters. The monoisotopic (exact) mass is 406 g/mol. The minimum atomic E-state index is -0.583. The molecule has 0 aliphatic carbocycles. The van der Waals surface area contributed by atoms with Crippen molar-refractivity contribution in [2.24, 2.45) is 0 Å². The maximum atomic E-state index is 13.0. The fourth-order valence-corrected chi connectivity index (χ4v) is 3.58. The van der Waals surface area contributed by atoms with Gasteiger partial charge in [0.2, 0.25) is 5.75 Å². The molecule has 5 rings (SSSR count). The van der Waals surface area contributed by atoms with E-state index in [1.807, 2.05) is 6.07 Å². The van der Waals surface area contributed by atoms with Crippen LogP contribution < -0.4 is 21.2 Å². The van der Waals surface area contributed by atoms with Crippen LogP contribution in [-0.4, -0.2) is 46.9 Å². The molecule has 0 spiro atoms. The summed E-state index contributed by atoms with van der Waals surface area (Å²) in [6.45, 7) is 1.91. The second kappa shape index (κ2) is 7.20. The van der Waals surface area contributed by atoms with Gasteiger partial charge >= 0.3 is 5.56 Å². The van der Waals surface area contributed by atoms with Gasteiger partial charge in [-0.3, -0.25) is 19.5 Å². The number of amides is 1. The molecule has 30 heavy (non-hydrogen) atoms. The molecule has 9 heteroatoms. The SMILES string of the molecule is O=C(c1cccc2c1Oc1c(c(=O)n(-c3ccccc3)[nH]c1=O)N2)N1CCOCC1. The summed E-state index contributed by atoms with van der Waals surface area (Å²) in [5.41, 5.74) is 0.256. The first-order chi connectivity index (χ1) is 14.6. The number of morpholine rings is 1. The minimum absolute atomic E-state index is 0.0195. The van der Waals surface area contributed by atoms with Crippen molar-refractivity contribution >= 4 is 17.3 Å². The van der Waals surface area contributed by atoms with E-state index >= 15 is 0 Å². The largest absolute Gasteiger partial charge is 0.446 e. The summed E-state index contributed by atoms with van der Waals surface area (Å²) < 4.78 is 12.3. The maximum absolute atomic E-state index is 13.0. The Morgan fingerprint density at radius 3 is 2.47 bits per heavy atom. The Labute approximate surface area is 170 Å². The third-order valence-corrected chi connectivity index (χ3v) is 5.09. The second-order valence-corrected chi connectivity index (χ2v) is 6.94. The first-order valence-electron chi connectivity index (χ1n) is 9.53. The maximum Gasteiger partial charge on any atom is 0.308 e. The zero-order chi connectivity index (χ0) is 20.7. The molecule has 2 aliphatic heterocycles. The van der Waals surface area contributed by atoms with Crippen molar-refractivity contribution in [1.82, 2.24) is 14.7 Å². The van der Waals surface area contributed by atoms with E-state index in [0.717, 1.165) is 4.68 Å². The van der Waals surface area contributed by atoms with Crippen LogP contribution in [0.5, 0.6) is 11.5 Å². The summed E-state index contributed by atoms with van der Waals surface area (Å²) in [6, 6.07) is 13.8. The fraction of sp³-hybridized carbons (Fsp3) is 0.190. The number of benzene rings is 2. The average molecular weight is 406 g/mol. The van der Waals surface area contributed by atoms with Crippen molar-refractivity contribution < 1.29 is 14.3 Å². The topological polar surface area (TPSA) is 106 Å². The van der Waals surface area contributed by atoms with Gasteiger partial charge in [-0.15, -0.1) is 0 Å². The van der Waals surface area contributed by atoms with Gasteiger partial charge in [0.15, 0.2) is 11.4 Å². The number of aromatic nitrogens is 2. The molecule has 0 radical (unpaired) electrons. The Morgan fingerprint density at radius 2 is 1.70 bits per heavy atom. The Morgan fingerprint density at radius 1 is 0.933 bits per heavy atom. The lowest BCUT2D eigenvalue weighted by atomic mass is 10.1. The normalized spacial score (nSPS) is 14.9. The molecule has 152 valence electrons. The zero-order valence-corrected chi connectivity index (χ0v) is 15.9. The van der Waals surface area contributed by atoms with Gasteiger partial charge in [0, 0.05) is 13.1 Å². The molecule has 3 aromatic rings. The second-order valence-electron chi connectivity index (χ2n) is 6.94. The number of aromatic amines is 1. The van der Waals surface area contributed by atoms with Crippen LogP contribution in [0.4, 0.5) is 11.4 Å². The van der Waals surface area contributed by atoms with E-state index in [2.05, 4.69) is 10.4 Å². The number of para-hydroxylation sites is 2. The molecule has 2 aliphatic rings. The lowest BCUT2D eigenvalue weighted by Gasteiger charge is -2.29. The van der Waals surface area contributed by atoms with Crippen LogP contribution in [0.1, 0.15) is 10.4 Å². The van der Waals surface area contributed by atoms with Crippen molar-refractivity contribution in [3.05, 3.63) is 74.8 Å². The Hall–Kier alpha value is -3.85. The molecule has 1 amide bonds. The molecular formula is C21H18N4O5. The summed E-state index contributed by atoms with van der Waals surface area (Å²) in [5.74, 6) is -0.153. The fourth-order valence-electron chi connectivity index (χ4n) is 3.58. The number of hydrogen-bond donors (Lipinski definition) is 2. The van der Waals surface area contributed by atoms with E-state index < -0.39 is 11.1 Å². The predicted molar refractivity (Wildman–Crippen MR) is 109 cm³/mol. The number of nitrogens with zero attached hydrogens (tertiary/aromatic N) is 2. The summed E-state index contributed by atoms with van der Waals surface area (Å²) in [5, 5.41) is 5.52. The number of fused-ring (bicyclic) bond motifs is 2. The van der Waals surface area contributed by atoms with Gasteiger partial charge in [0.1, 0.15) is 0 Å². The summed E-state index contributed by atoms with van der Waals surface area (Å²) in [4.78, 5) is 40.4. The molecule has 3 heterocycles. The van der Waals surface area contributed by atoms with Crippen molar-refractivity contribution in [2.45, 2.75) is 0 Å². The number of anilines is 2. The van der Waals surface area contributed by atoms with Gasteiger partial charge in [-0.1, -0.05) is 24.3 Å². The van der Waals surface area contributed by atoms with Crippen molar-refractivity contribution in [1.29, 1.82) is 0 Å². The molecule has 0 saturated carbocycles. The van der Waals surface area contributed by atoms with Gasteiger partial charge in [0.05, 0.1) is 30.2 Å². The molecule has 0 unspecified atom stereocenters. The van der Waals surface area contributed by atoms with E-state index in [9.17, 15) is 14.4 Å². The summed E-state index contributed by atoms with van der Waals surface area (Å²) in [6.07, 6.45) is 0. The molecule has 1 aromatic heterocycles. The molecule has 9 nitrogen and oxygen atoms in total. The van der Waals surface area contributed by atoms with Crippen LogP contribution in [0.3, 0.4) is 0 Å². The van der Waals surface area contributed by atoms with E-state index in [1.165, 1.54) is 0 Å². The highest BCUT2D eigenvalue weighted by atomic mass is 16.5. The number of ether oxygens (including phenoxy) is 2. The number of carbonyl (C=O) groups excluding carboxylic acids is 1. The zero-order valence-electron chi connectivity index (χ0n) is 15.9. The van der Waals surface area contributed by atoms with Crippen LogP contribution in [0.15, 0.2) is 58.1 Å². The van der Waals surface area contributed by atoms with Crippen molar-refractivity contribution in [2.75, 3.05) is 31.6 Å². The Kier molecular flexibility index (Phi) is 4.36. The first-order valence-corrected chi connectivity index (χ1v) is 9.53. The molecule has 2 aromatic carbocycles. The highest BCUT2D eigenvalue weighted by Crippen LogP contribution is 2.41. The standard InChI is InChI=1S/C21H18N4O5/c26-19-18-16(21(28)25(23-19)13-5-2-1-3-6-13)22-15-8-4-7-14(17(15)30-18)20(27)24-9-11-29-12-10-24/h1-8,22H,9-12H2,(H,23,26). The number of rotatable bonds is 2. The summed E-state index contributed by atoms with van der Waals surface area (Å²) >= 11 is 0. The molecule has 1 fully saturated rings. The highest BCUT2D eigenvalue weighted by molar-refractivity contribution is 6.00. The van der Waals surface area contributed by atoms with E-state index in [4.69, 9.17) is 9.47 Å². The van der Waals surface area contributed by atoms with Crippen LogP contribution in [0.25, 0.3) is 5.69 Å². The van der Waals surface area contributed by atoms with Crippen LogP contribution >= 0.6 is 0 Å². The molecular weight excluding hydrogens is 388 g/mol. The molecule has 2 N–H and O–H groups in total. The predicted octanol–water partition coefficient (Wildman–Crippen LogP) is 1.85.